The van der Waals surface area contributed by atoms with Crippen molar-refractivity contribution in [3.63, 3.8) is 0 Å². The van der Waals surface area contributed by atoms with Crippen LogP contribution in [0.3, 0.4) is 0 Å². The smallest absolute Gasteiger partial charge is 0.119 e. The lowest BCUT2D eigenvalue weighted by Gasteiger charge is -2.41. The maximum atomic E-state index is 12.4. The molecule has 33 heavy (non-hydrogen) atoms. The first-order valence-corrected chi connectivity index (χ1v) is 13.0. The predicted molar refractivity (Wildman–Crippen MR) is 136 cm³/mol. The highest BCUT2D eigenvalue weighted by Crippen LogP contribution is 2.42. The van der Waals surface area contributed by atoms with E-state index in [0.717, 1.165) is 82.9 Å². The van der Waals surface area contributed by atoms with E-state index in [9.17, 15) is 5.11 Å². The van der Waals surface area contributed by atoms with Gasteiger partial charge in [-0.05, 0) is 36.1 Å². The average Bonchev–Trinajstić information content (AvgIpc) is 2.87. The maximum Gasteiger partial charge on any atom is 0.119 e. The summed E-state index contributed by atoms with van der Waals surface area (Å²) >= 11 is 0. The summed E-state index contributed by atoms with van der Waals surface area (Å²) in [7, 11) is 0. The van der Waals surface area contributed by atoms with Crippen molar-refractivity contribution in [1.29, 1.82) is 0 Å². The Morgan fingerprint density at radius 2 is 1.61 bits per heavy atom. The number of aliphatic hydroxyl groups is 1. The van der Waals surface area contributed by atoms with E-state index in [2.05, 4.69) is 61.2 Å². The minimum Gasteiger partial charge on any atom is -0.494 e. The van der Waals surface area contributed by atoms with E-state index in [1.807, 2.05) is 12.1 Å². The van der Waals surface area contributed by atoms with Crippen LogP contribution in [0.1, 0.15) is 75.8 Å². The molecule has 4 heteroatoms. The van der Waals surface area contributed by atoms with Gasteiger partial charge >= 0.3 is 0 Å². The fraction of sp³-hybridized carbons (Fsp3) is 0.586. The van der Waals surface area contributed by atoms with Crippen LogP contribution in [0, 0.1) is 0 Å². The van der Waals surface area contributed by atoms with Gasteiger partial charge in [0, 0.05) is 25.6 Å². The average molecular weight is 454 g/mol. The maximum absolute atomic E-state index is 12.4. The van der Waals surface area contributed by atoms with Gasteiger partial charge in [0.15, 0.2) is 0 Å². The van der Waals surface area contributed by atoms with Crippen LogP contribution in [0.2, 0.25) is 0 Å². The van der Waals surface area contributed by atoms with Gasteiger partial charge in [0.05, 0.1) is 25.4 Å². The minimum absolute atomic E-state index is 0.00899. The van der Waals surface area contributed by atoms with Crippen LogP contribution in [0.5, 0.6) is 5.75 Å². The van der Waals surface area contributed by atoms with E-state index < -0.39 is 5.60 Å². The van der Waals surface area contributed by atoms with Crippen molar-refractivity contribution in [2.75, 3.05) is 39.5 Å². The number of nitrogens with zero attached hydrogens (tertiary/aromatic N) is 1. The first-order valence-electron chi connectivity index (χ1n) is 13.0. The Labute approximate surface area is 200 Å². The van der Waals surface area contributed by atoms with Gasteiger partial charge in [0.2, 0.25) is 0 Å². The topological polar surface area (TPSA) is 41.9 Å². The number of ether oxygens (including phenoxy) is 2. The molecule has 1 fully saturated rings. The first kappa shape index (κ1) is 25.7. The van der Waals surface area contributed by atoms with Crippen molar-refractivity contribution in [2.24, 2.45) is 0 Å². The van der Waals surface area contributed by atoms with Gasteiger partial charge in [-0.2, -0.15) is 0 Å². The second-order valence-electron chi connectivity index (χ2n) is 9.34. The monoisotopic (exact) mass is 453 g/mol. The Kier molecular flexibility index (Phi) is 10.7. The number of hydrogen-bond acceptors (Lipinski definition) is 4. The lowest BCUT2D eigenvalue weighted by atomic mass is 9.74. The van der Waals surface area contributed by atoms with Crippen LogP contribution in [-0.2, 0) is 10.3 Å². The summed E-state index contributed by atoms with van der Waals surface area (Å²) < 4.78 is 11.5. The van der Waals surface area contributed by atoms with Gasteiger partial charge in [0.1, 0.15) is 5.75 Å². The van der Waals surface area contributed by atoms with Crippen molar-refractivity contribution in [1.82, 2.24) is 4.90 Å². The molecule has 2 atom stereocenters. The molecule has 1 N–H and O–H groups in total. The Morgan fingerprint density at radius 3 is 2.27 bits per heavy atom. The lowest BCUT2D eigenvalue weighted by Crippen LogP contribution is -2.45. The van der Waals surface area contributed by atoms with Crippen LogP contribution in [0.4, 0.5) is 0 Å². The highest BCUT2D eigenvalue weighted by molar-refractivity contribution is 5.35. The normalized spacial score (nSPS) is 17.4. The second-order valence-corrected chi connectivity index (χ2v) is 9.34. The quantitative estimate of drug-likeness (QED) is 0.349. The van der Waals surface area contributed by atoms with E-state index in [4.69, 9.17) is 9.47 Å². The predicted octanol–water partition coefficient (Wildman–Crippen LogP) is 6.14. The fourth-order valence-corrected chi connectivity index (χ4v) is 4.77. The molecule has 0 aliphatic carbocycles. The first-order chi connectivity index (χ1) is 16.2. The van der Waals surface area contributed by atoms with Gasteiger partial charge in [-0.15, -0.1) is 0 Å². The molecule has 0 amide bonds. The van der Waals surface area contributed by atoms with E-state index in [-0.39, 0.29) is 5.92 Å². The van der Waals surface area contributed by atoms with Crippen molar-refractivity contribution < 1.29 is 14.6 Å². The summed E-state index contributed by atoms with van der Waals surface area (Å²) in [6.45, 7) is 9.32. The Hall–Kier alpha value is -1.88. The third-order valence-corrected chi connectivity index (χ3v) is 6.86. The van der Waals surface area contributed by atoms with Crippen LogP contribution < -0.4 is 4.74 Å². The van der Waals surface area contributed by atoms with Gasteiger partial charge < -0.3 is 14.6 Å². The standard InChI is InChI=1S/C29H43NO3/c1-3-5-7-11-18-29(31,26-14-16-27(17-15-26)33-21-6-4-2)28(25-12-9-8-10-13-25)24-30-19-22-32-23-20-30/h8-10,12-17,28,31H,3-7,11,18-24H2,1-2H3. The van der Waals surface area contributed by atoms with Crippen LogP contribution >= 0.6 is 0 Å². The molecular formula is C29H43NO3. The van der Waals surface area contributed by atoms with Gasteiger partial charge in [0.25, 0.3) is 0 Å². The summed E-state index contributed by atoms with van der Waals surface area (Å²) in [6, 6.07) is 18.8. The molecule has 4 nitrogen and oxygen atoms in total. The summed E-state index contributed by atoms with van der Waals surface area (Å²) in [5.74, 6) is 0.871. The highest BCUT2D eigenvalue weighted by Gasteiger charge is 2.40. The molecule has 1 heterocycles. The largest absolute Gasteiger partial charge is 0.494 e. The van der Waals surface area contributed by atoms with Crippen LogP contribution in [-0.4, -0.2) is 49.5 Å². The molecule has 0 saturated carbocycles. The summed E-state index contributed by atoms with van der Waals surface area (Å²) in [5.41, 5.74) is 1.25. The van der Waals surface area contributed by atoms with Crippen molar-refractivity contribution in [3.05, 3.63) is 65.7 Å². The molecule has 1 saturated heterocycles. The summed E-state index contributed by atoms with van der Waals surface area (Å²) in [4.78, 5) is 2.44. The zero-order chi connectivity index (χ0) is 23.4. The van der Waals surface area contributed by atoms with Crippen molar-refractivity contribution >= 4 is 0 Å². The lowest BCUT2D eigenvalue weighted by molar-refractivity contribution is -0.0296. The third-order valence-electron chi connectivity index (χ3n) is 6.86. The minimum atomic E-state index is -0.935. The van der Waals surface area contributed by atoms with Gasteiger partial charge in [-0.1, -0.05) is 88.4 Å². The molecule has 2 aromatic rings. The zero-order valence-corrected chi connectivity index (χ0v) is 20.7. The molecule has 2 unspecified atom stereocenters. The molecule has 0 spiro atoms. The van der Waals surface area contributed by atoms with E-state index in [1.54, 1.807) is 0 Å². The number of unbranched alkanes of at least 4 members (excludes halogenated alkanes) is 4. The molecule has 0 bridgehead atoms. The number of rotatable bonds is 14. The summed E-state index contributed by atoms with van der Waals surface area (Å²) in [5, 5.41) is 12.4. The number of benzene rings is 2. The Balaban J connectivity index is 1.90. The van der Waals surface area contributed by atoms with E-state index in [0.29, 0.717) is 0 Å². The zero-order valence-electron chi connectivity index (χ0n) is 20.7. The molecule has 1 aliphatic heterocycles. The van der Waals surface area contributed by atoms with E-state index in [1.165, 1.54) is 18.4 Å². The molecule has 182 valence electrons. The Bertz CT molecular complexity index is 773. The molecule has 0 radical (unpaired) electrons. The Morgan fingerprint density at radius 1 is 0.909 bits per heavy atom. The molecule has 0 aromatic heterocycles. The highest BCUT2D eigenvalue weighted by atomic mass is 16.5. The third kappa shape index (κ3) is 7.56. The molecular weight excluding hydrogens is 410 g/mol. The number of hydrogen-bond donors (Lipinski definition) is 1. The second kappa shape index (κ2) is 13.7. The van der Waals surface area contributed by atoms with Crippen molar-refractivity contribution in [2.45, 2.75) is 70.3 Å². The van der Waals surface area contributed by atoms with Crippen molar-refractivity contribution in [3.8, 4) is 5.75 Å². The number of morpholine rings is 1. The van der Waals surface area contributed by atoms with Gasteiger partial charge in [-0.3, -0.25) is 4.90 Å². The molecule has 3 rings (SSSR count). The van der Waals surface area contributed by atoms with E-state index >= 15 is 0 Å². The van der Waals surface area contributed by atoms with Gasteiger partial charge in [-0.25, -0.2) is 0 Å². The SMILES string of the molecule is CCCCCCC(O)(c1ccc(OCCCC)cc1)C(CN1CCOCC1)c1ccccc1. The summed E-state index contributed by atoms with van der Waals surface area (Å²) in [6.07, 6.45) is 7.50. The van der Waals surface area contributed by atoms with Crippen LogP contribution in [0.25, 0.3) is 0 Å². The fourth-order valence-electron chi connectivity index (χ4n) is 4.77. The molecule has 1 aliphatic rings. The van der Waals surface area contributed by atoms with Crippen LogP contribution in [0.15, 0.2) is 54.6 Å². The molecule has 2 aromatic carbocycles.